The number of nitrogens with zero attached hydrogens (tertiary/aromatic N) is 1. The van der Waals surface area contributed by atoms with Crippen LogP contribution in [0.2, 0.25) is 0 Å². The highest BCUT2D eigenvalue weighted by molar-refractivity contribution is 7.91. The Labute approximate surface area is 119 Å². The van der Waals surface area contributed by atoms with Crippen molar-refractivity contribution in [3.05, 3.63) is 35.9 Å². The number of sulfone groups is 1. The van der Waals surface area contributed by atoms with Gasteiger partial charge in [-0.15, -0.1) is 0 Å². The normalized spacial score (nSPS) is 20.1. The first-order valence-electron chi connectivity index (χ1n) is 6.77. The Morgan fingerprint density at radius 2 is 1.90 bits per heavy atom. The minimum atomic E-state index is -3.00. The number of amides is 1. The number of carbonyl (C=O) groups is 1. The molecule has 0 bridgehead atoms. The van der Waals surface area contributed by atoms with Gasteiger partial charge in [0.25, 0.3) is 0 Å². The van der Waals surface area contributed by atoms with Gasteiger partial charge in [-0.05, 0) is 18.4 Å². The molecule has 110 valence electrons. The Morgan fingerprint density at radius 3 is 2.60 bits per heavy atom. The molecule has 0 aromatic heterocycles. The SMILES string of the molecule is NC(Cc1ccccc1)C(=O)N1CCCS(=O)(=O)CC1. The van der Waals surface area contributed by atoms with Gasteiger partial charge in [0.2, 0.25) is 5.91 Å². The van der Waals surface area contributed by atoms with E-state index in [1.165, 1.54) is 0 Å². The number of nitrogens with two attached hydrogens (primary N) is 1. The van der Waals surface area contributed by atoms with E-state index in [9.17, 15) is 13.2 Å². The van der Waals surface area contributed by atoms with Crippen molar-refractivity contribution in [3.8, 4) is 0 Å². The Bertz CT molecular complexity index is 557. The van der Waals surface area contributed by atoms with E-state index < -0.39 is 15.9 Å². The van der Waals surface area contributed by atoms with Crippen molar-refractivity contribution in [2.24, 2.45) is 5.73 Å². The summed E-state index contributed by atoms with van der Waals surface area (Å²) in [6.45, 7) is 0.726. The van der Waals surface area contributed by atoms with Crippen molar-refractivity contribution in [2.45, 2.75) is 18.9 Å². The molecule has 2 N–H and O–H groups in total. The number of rotatable bonds is 3. The Hall–Kier alpha value is -1.40. The van der Waals surface area contributed by atoms with Crippen LogP contribution in [0.4, 0.5) is 0 Å². The fraction of sp³-hybridized carbons (Fsp3) is 0.500. The van der Waals surface area contributed by atoms with E-state index in [0.717, 1.165) is 5.56 Å². The smallest absolute Gasteiger partial charge is 0.239 e. The van der Waals surface area contributed by atoms with Crippen LogP contribution in [0.15, 0.2) is 30.3 Å². The maximum Gasteiger partial charge on any atom is 0.239 e. The standard InChI is InChI=1S/C14H20N2O3S/c15-13(11-12-5-2-1-3-6-12)14(17)16-7-4-9-20(18,19)10-8-16/h1-3,5-6,13H,4,7-11,15H2. The quantitative estimate of drug-likeness (QED) is 0.864. The van der Waals surface area contributed by atoms with E-state index in [4.69, 9.17) is 5.73 Å². The number of hydrogen-bond acceptors (Lipinski definition) is 4. The van der Waals surface area contributed by atoms with Gasteiger partial charge in [-0.2, -0.15) is 0 Å². The third-order valence-electron chi connectivity index (χ3n) is 3.48. The molecule has 1 amide bonds. The van der Waals surface area contributed by atoms with Crippen molar-refractivity contribution >= 4 is 15.7 Å². The average molecular weight is 296 g/mol. The Balaban J connectivity index is 1.96. The fourth-order valence-corrected chi connectivity index (χ4v) is 3.62. The maximum absolute atomic E-state index is 12.3. The van der Waals surface area contributed by atoms with Crippen LogP contribution in [0.25, 0.3) is 0 Å². The topological polar surface area (TPSA) is 80.5 Å². The van der Waals surface area contributed by atoms with Gasteiger partial charge >= 0.3 is 0 Å². The molecule has 1 aliphatic heterocycles. The van der Waals surface area contributed by atoms with Crippen LogP contribution in [0.5, 0.6) is 0 Å². The molecule has 2 rings (SSSR count). The van der Waals surface area contributed by atoms with Gasteiger partial charge in [0.1, 0.15) is 0 Å². The molecule has 1 aromatic rings. The predicted molar refractivity (Wildman–Crippen MR) is 78.0 cm³/mol. The molecule has 1 aliphatic rings. The van der Waals surface area contributed by atoms with E-state index in [-0.39, 0.29) is 24.0 Å². The summed E-state index contributed by atoms with van der Waals surface area (Å²) in [5.41, 5.74) is 6.97. The highest BCUT2D eigenvalue weighted by atomic mass is 32.2. The van der Waals surface area contributed by atoms with Crippen LogP contribution in [-0.2, 0) is 21.1 Å². The molecule has 1 unspecified atom stereocenters. The Kier molecular flexibility index (Phi) is 4.77. The zero-order chi connectivity index (χ0) is 14.6. The van der Waals surface area contributed by atoms with Gasteiger partial charge in [0.05, 0.1) is 17.5 Å². The highest BCUT2D eigenvalue weighted by Gasteiger charge is 2.25. The second-order valence-corrected chi connectivity index (χ2v) is 7.43. The van der Waals surface area contributed by atoms with Crippen LogP contribution in [0, 0.1) is 0 Å². The molecule has 0 radical (unpaired) electrons. The molecule has 1 fully saturated rings. The molecular weight excluding hydrogens is 276 g/mol. The number of hydrogen-bond donors (Lipinski definition) is 1. The molecule has 6 heteroatoms. The zero-order valence-electron chi connectivity index (χ0n) is 11.4. The molecular formula is C14H20N2O3S. The molecule has 1 atom stereocenters. The van der Waals surface area contributed by atoms with Crippen LogP contribution < -0.4 is 5.73 Å². The predicted octanol–water partition coefficient (Wildman–Crippen LogP) is 0.204. The first-order valence-corrected chi connectivity index (χ1v) is 8.59. The average Bonchev–Trinajstić information content (AvgIpc) is 2.60. The van der Waals surface area contributed by atoms with Gasteiger partial charge in [-0.25, -0.2) is 8.42 Å². The van der Waals surface area contributed by atoms with E-state index >= 15 is 0 Å². The summed E-state index contributed by atoms with van der Waals surface area (Å²) in [6, 6.07) is 8.98. The monoisotopic (exact) mass is 296 g/mol. The maximum atomic E-state index is 12.3. The summed E-state index contributed by atoms with van der Waals surface area (Å²) in [5.74, 6) is 0.0348. The molecule has 20 heavy (non-hydrogen) atoms. The van der Waals surface area contributed by atoms with Crippen molar-refractivity contribution in [2.75, 3.05) is 24.6 Å². The summed E-state index contributed by atoms with van der Waals surface area (Å²) in [6.07, 6.45) is 0.967. The molecule has 1 saturated heterocycles. The lowest BCUT2D eigenvalue weighted by Gasteiger charge is -2.23. The van der Waals surface area contributed by atoms with Crippen LogP contribution in [-0.4, -0.2) is 49.9 Å². The summed E-state index contributed by atoms with van der Waals surface area (Å²) < 4.78 is 23.1. The largest absolute Gasteiger partial charge is 0.340 e. The third-order valence-corrected chi connectivity index (χ3v) is 5.20. The first kappa shape index (κ1) is 15.0. The minimum absolute atomic E-state index is 0.0385. The van der Waals surface area contributed by atoms with Crippen LogP contribution >= 0.6 is 0 Å². The zero-order valence-corrected chi connectivity index (χ0v) is 12.2. The second-order valence-electron chi connectivity index (χ2n) is 5.13. The molecule has 0 saturated carbocycles. The highest BCUT2D eigenvalue weighted by Crippen LogP contribution is 2.09. The summed E-state index contributed by atoms with van der Waals surface area (Å²) >= 11 is 0. The lowest BCUT2D eigenvalue weighted by molar-refractivity contribution is -0.132. The van der Waals surface area contributed by atoms with Gasteiger partial charge in [0.15, 0.2) is 9.84 Å². The summed E-state index contributed by atoms with van der Waals surface area (Å²) in [5, 5.41) is 0. The number of benzene rings is 1. The lowest BCUT2D eigenvalue weighted by Crippen LogP contribution is -2.46. The molecule has 0 aliphatic carbocycles. The van der Waals surface area contributed by atoms with E-state index in [1.807, 2.05) is 30.3 Å². The second kappa shape index (κ2) is 6.37. The van der Waals surface area contributed by atoms with Crippen LogP contribution in [0.3, 0.4) is 0 Å². The van der Waals surface area contributed by atoms with Gasteiger partial charge < -0.3 is 10.6 Å². The summed E-state index contributed by atoms with van der Waals surface area (Å²) in [4.78, 5) is 13.9. The molecule has 1 aromatic carbocycles. The van der Waals surface area contributed by atoms with Crippen LogP contribution in [0.1, 0.15) is 12.0 Å². The number of carbonyl (C=O) groups excluding carboxylic acids is 1. The Morgan fingerprint density at radius 1 is 1.20 bits per heavy atom. The van der Waals surface area contributed by atoms with Crippen molar-refractivity contribution in [1.29, 1.82) is 0 Å². The van der Waals surface area contributed by atoms with Crippen molar-refractivity contribution < 1.29 is 13.2 Å². The van der Waals surface area contributed by atoms with Crippen molar-refractivity contribution in [3.63, 3.8) is 0 Å². The molecule has 5 nitrogen and oxygen atoms in total. The minimum Gasteiger partial charge on any atom is -0.340 e. The molecule has 1 heterocycles. The van der Waals surface area contributed by atoms with E-state index in [1.54, 1.807) is 4.90 Å². The van der Waals surface area contributed by atoms with E-state index in [2.05, 4.69) is 0 Å². The van der Waals surface area contributed by atoms with Gasteiger partial charge in [0, 0.05) is 13.1 Å². The lowest BCUT2D eigenvalue weighted by atomic mass is 10.1. The van der Waals surface area contributed by atoms with Gasteiger partial charge in [-0.3, -0.25) is 4.79 Å². The first-order chi connectivity index (χ1) is 9.48. The summed E-state index contributed by atoms with van der Waals surface area (Å²) in [7, 11) is -3.00. The van der Waals surface area contributed by atoms with E-state index in [0.29, 0.717) is 19.4 Å². The molecule has 0 spiro atoms. The van der Waals surface area contributed by atoms with Gasteiger partial charge in [-0.1, -0.05) is 30.3 Å². The third kappa shape index (κ3) is 4.05. The van der Waals surface area contributed by atoms with Crippen molar-refractivity contribution in [1.82, 2.24) is 4.90 Å². The fourth-order valence-electron chi connectivity index (χ4n) is 2.35.